The molecule has 7 heteroatoms. The quantitative estimate of drug-likeness (QED) is 0.325. The zero-order valence-electron chi connectivity index (χ0n) is 11.6. The first kappa shape index (κ1) is 19.4. The van der Waals surface area contributed by atoms with Gasteiger partial charge in [0, 0.05) is 24.4 Å². The minimum Gasteiger partial charge on any atom is -0.357 e. The first-order chi connectivity index (χ1) is 9.17. The lowest BCUT2D eigenvalue weighted by Gasteiger charge is -2.10. The Morgan fingerprint density at radius 3 is 2.70 bits per heavy atom. The molecule has 1 rings (SSSR count). The van der Waals surface area contributed by atoms with E-state index in [0.29, 0.717) is 5.96 Å². The summed E-state index contributed by atoms with van der Waals surface area (Å²) in [5.41, 5.74) is 0.252. The van der Waals surface area contributed by atoms with Gasteiger partial charge in [-0.05, 0) is 31.4 Å². The topological polar surface area (TPSA) is 36.4 Å². The molecule has 0 aliphatic heterocycles. The van der Waals surface area contributed by atoms with Gasteiger partial charge < -0.3 is 10.6 Å². The van der Waals surface area contributed by atoms with E-state index in [1.165, 1.54) is 6.07 Å². The number of hydrogen-bond acceptors (Lipinski definition) is 2. The lowest BCUT2D eigenvalue weighted by Crippen LogP contribution is -2.38. The zero-order chi connectivity index (χ0) is 14.1. The van der Waals surface area contributed by atoms with Crippen molar-refractivity contribution in [2.75, 3.05) is 25.1 Å². The van der Waals surface area contributed by atoms with Gasteiger partial charge in [0.05, 0.1) is 6.54 Å². The van der Waals surface area contributed by atoms with Crippen molar-refractivity contribution in [3.63, 3.8) is 0 Å². The molecule has 0 bridgehead atoms. The van der Waals surface area contributed by atoms with E-state index in [-0.39, 0.29) is 36.1 Å². The molecule has 3 nitrogen and oxygen atoms in total. The molecule has 0 saturated carbocycles. The molecule has 0 heterocycles. The van der Waals surface area contributed by atoms with Crippen LogP contribution in [0.3, 0.4) is 0 Å². The maximum absolute atomic E-state index is 13.4. The van der Waals surface area contributed by atoms with Gasteiger partial charge in [-0.25, -0.2) is 13.8 Å². The summed E-state index contributed by atoms with van der Waals surface area (Å²) in [5.74, 6) is 0.677. The smallest absolute Gasteiger partial charge is 0.191 e. The van der Waals surface area contributed by atoms with Gasteiger partial charge >= 0.3 is 0 Å². The third kappa shape index (κ3) is 7.28. The molecule has 0 amide bonds. The van der Waals surface area contributed by atoms with Gasteiger partial charge in [0.15, 0.2) is 5.96 Å². The number of guanidine groups is 1. The van der Waals surface area contributed by atoms with E-state index in [0.717, 1.165) is 31.0 Å². The Morgan fingerprint density at radius 1 is 1.30 bits per heavy atom. The van der Waals surface area contributed by atoms with Crippen molar-refractivity contribution in [2.45, 2.75) is 13.5 Å². The second-order valence-electron chi connectivity index (χ2n) is 3.85. The van der Waals surface area contributed by atoms with Gasteiger partial charge in [-0.2, -0.15) is 11.8 Å². The molecule has 2 N–H and O–H groups in total. The number of aliphatic imine (C=N–C) groups is 1. The van der Waals surface area contributed by atoms with E-state index in [1.54, 1.807) is 11.8 Å². The van der Waals surface area contributed by atoms with E-state index in [9.17, 15) is 8.78 Å². The van der Waals surface area contributed by atoms with Gasteiger partial charge in [-0.15, -0.1) is 24.0 Å². The van der Waals surface area contributed by atoms with E-state index in [1.807, 2.05) is 13.2 Å². The molecular weight excluding hydrogens is 395 g/mol. The van der Waals surface area contributed by atoms with Crippen molar-refractivity contribution in [2.24, 2.45) is 4.99 Å². The molecule has 0 aliphatic rings. The van der Waals surface area contributed by atoms with E-state index >= 15 is 0 Å². The average Bonchev–Trinajstić information content (AvgIpc) is 2.40. The van der Waals surface area contributed by atoms with Crippen LogP contribution in [0.1, 0.15) is 12.5 Å². The first-order valence-corrected chi connectivity index (χ1v) is 7.51. The summed E-state index contributed by atoms with van der Waals surface area (Å²) in [6, 6.07) is 3.39. The minimum absolute atomic E-state index is 0. The highest BCUT2D eigenvalue weighted by atomic mass is 127. The molecule has 20 heavy (non-hydrogen) atoms. The van der Waals surface area contributed by atoms with E-state index in [4.69, 9.17) is 0 Å². The average molecular weight is 415 g/mol. The lowest BCUT2D eigenvalue weighted by atomic mass is 10.2. The third-order valence-electron chi connectivity index (χ3n) is 2.36. The van der Waals surface area contributed by atoms with Crippen molar-refractivity contribution in [3.8, 4) is 0 Å². The number of halogens is 3. The molecule has 0 atom stereocenters. The van der Waals surface area contributed by atoms with Crippen molar-refractivity contribution in [1.29, 1.82) is 0 Å². The van der Waals surface area contributed by atoms with Crippen molar-refractivity contribution in [3.05, 3.63) is 35.4 Å². The predicted octanol–water partition coefficient (Wildman–Crippen LogP) is 3.00. The van der Waals surface area contributed by atoms with Gasteiger partial charge in [0.2, 0.25) is 0 Å². The molecule has 1 aromatic rings. The SMILES string of the molecule is CCNC(=NCc1cc(F)ccc1F)NCCSC.I. The van der Waals surface area contributed by atoms with Crippen LogP contribution in [0.2, 0.25) is 0 Å². The highest BCUT2D eigenvalue weighted by Gasteiger charge is 2.04. The second kappa shape index (κ2) is 11.1. The summed E-state index contributed by atoms with van der Waals surface area (Å²) in [6.07, 6.45) is 2.02. The van der Waals surface area contributed by atoms with Gasteiger partial charge in [0.25, 0.3) is 0 Å². The molecule has 0 saturated heterocycles. The van der Waals surface area contributed by atoms with Crippen LogP contribution < -0.4 is 10.6 Å². The van der Waals surface area contributed by atoms with E-state index < -0.39 is 11.6 Å². The highest BCUT2D eigenvalue weighted by molar-refractivity contribution is 14.0. The fraction of sp³-hybridized carbons (Fsp3) is 0.462. The predicted molar refractivity (Wildman–Crippen MR) is 93.0 cm³/mol. The lowest BCUT2D eigenvalue weighted by molar-refractivity contribution is 0.585. The number of rotatable bonds is 6. The van der Waals surface area contributed by atoms with Crippen LogP contribution >= 0.6 is 35.7 Å². The number of hydrogen-bond donors (Lipinski definition) is 2. The van der Waals surface area contributed by atoms with Crippen LogP contribution in [-0.4, -0.2) is 31.1 Å². The number of nitrogens with zero attached hydrogens (tertiary/aromatic N) is 1. The first-order valence-electron chi connectivity index (χ1n) is 6.12. The van der Waals surface area contributed by atoms with Crippen LogP contribution in [0.4, 0.5) is 8.78 Å². The summed E-state index contributed by atoms with van der Waals surface area (Å²) in [6.45, 7) is 3.56. The van der Waals surface area contributed by atoms with Gasteiger partial charge in [-0.3, -0.25) is 0 Å². The Balaban J connectivity index is 0.00000361. The fourth-order valence-corrected chi connectivity index (χ4v) is 1.75. The van der Waals surface area contributed by atoms with Crippen molar-refractivity contribution in [1.82, 2.24) is 10.6 Å². The molecule has 0 radical (unpaired) electrons. The number of benzene rings is 1. The summed E-state index contributed by atoms with van der Waals surface area (Å²) in [7, 11) is 0. The molecule has 0 aromatic heterocycles. The van der Waals surface area contributed by atoms with Gasteiger partial charge in [0.1, 0.15) is 11.6 Å². The molecule has 0 spiro atoms. The fourth-order valence-electron chi connectivity index (χ4n) is 1.44. The second-order valence-corrected chi connectivity index (χ2v) is 4.84. The molecular formula is C13H20F2IN3S. The van der Waals surface area contributed by atoms with Crippen LogP contribution in [0.15, 0.2) is 23.2 Å². The highest BCUT2D eigenvalue weighted by Crippen LogP contribution is 2.10. The molecule has 1 aromatic carbocycles. The minimum atomic E-state index is -0.452. The summed E-state index contributed by atoms with van der Waals surface area (Å²) >= 11 is 1.73. The summed E-state index contributed by atoms with van der Waals surface area (Å²) < 4.78 is 26.5. The zero-order valence-corrected chi connectivity index (χ0v) is 14.7. The van der Waals surface area contributed by atoms with E-state index in [2.05, 4.69) is 15.6 Å². The largest absolute Gasteiger partial charge is 0.357 e. The van der Waals surface area contributed by atoms with Crippen LogP contribution in [0.25, 0.3) is 0 Å². The van der Waals surface area contributed by atoms with Crippen LogP contribution in [0, 0.1) is 11.6 Å². The molecule has 0 fully saturated rings. The Bertz CT molecular complexity index is 430. The van der Waals surface area contributed by atoms with Gasteiger partial charge in [-0.1, -0.05) is 0 Å². The Kier molecular flexibility index (Phi) is 10.8. The standard InChI is InChI=1S/C13H19F2N3S.HI/c1-3-16-13(17-6-7-19-2)18-9-10-8-11(14)4-5-12(10)15;/h4-5,8H,3,6-7,9H2,1-2H3,(H2,16,17,18);1H. The van der Waals surface area contributed by atoms with Crippen LogP contribution in [0.5, 0.6) is 0 Å². The van der Waals surface area contributed by atoms with Crippen LogP contribution in [-0.2, 0) is 6.54 Å². The van der Waals surface area contributed by atoms with Crippen molar-refractivity contribution >= 4 is 41.7 Å². The maximum atomic E-state index is 13.4. The third-order valence-corrected chi connectivity index (χ3v) is 2.97. The maximum Gasteiger partial charge on any atom is 0.191 e. The molecule has 0 unspecified atom stereocenters. The summed E-state index contributed by atoms with van der Waals surface area (Å²) in [4.78, 5) is 4.24. The Labute approximate surface area is 140 Å². The number of thioether (sulfide) groups is 1. The molecule has 0 aliphatic carbocycles. The normalized spacial score (nSPS) is 10.9. The monoisotopic (exact) mass is 415 g/mol. The van der Waals surface area contributed by atoms with Crippen molar-refractivity contribution < 1.29 is 8.78 Å². The number of nitrogens with one attached hydrogen (secondary N) is 2. The molecule has 114 valence electrons. The Morgan fingerprint density at radius 2 is 2.05 bits per heavy atom. The summed E-state index contributed by atoms with van der Waals surface area (Å²) in [5, 5.41) is 6.19. The Hall–Kier alpha value is -0.570.